The molecule has 0 bridgehead atoms. The summed E-state index contributed by atoms with van der Waals surface area (Å²) in [6.07, 6.45) is 2.03. The third-order valence-corrected chi connectivity index (χ3v) is 8.76. The largest absolute Gasteiger partial charge is 0.369 e. The number of aryl methyl sites for hydroxylation is 1. The van der Waals surface area contributed by atoms with E-state index in [0.717, 1.165) is 57.7 Å². The van der Waals surface area contributed by atoms with Crippen molar-refractivity contribution in [2.45, 2.75) is 32.2 Å². The first-order valence-corrected chi connectivity index (χ1v) is 14.7. The lowest BCUT2D eigenvalue weighted by Crippen LogP contribution is -2.47. The van der Waals surface area contributed by atoms with Crippen LogP contribution in [0.5, 0.6) is 0 Å². The van der Waals surface area contributed by atoms with Crippen LogP contribution in [-0.2, 0) is 13.0 Å². The first-order chi connectivity index (χ1) is 19.7. The molecule has 6 rings (SSSR count). The Morgan fingerprint density at radius 3 is 2.05 bits per heavy atom. The Morgan fingerprint density at radius 1 is 0.725 bits per heavy atom. The molecular weight excluding hydrogens is 490 g/mol. The van der Waals surface area contributed by atoms with Crippen LogP contribution in [0.25, 0.3) is 0 Å². The maximum atomic E-state index is 13.5. The SMILES string of the molecule is Cc1ccccc1CN1CCc2ccc(N3CCN(CCC(c4ccccc4)c4ccccc4)CC3)cc2C1=O. The van der Waals surface area contributed by atoms with Gasteiger partial charge >= 0.3 is 0 Å². The summed E-state index contributed by atoms with van der Waals surface area (Å²) in [5, 5.41) is 0. The molecule has 4 nitrogen and oxygen atoms in total. The van der Waals surface area contributed by atoms with E-state index in [9.17, 15) is 4.79 Å². The van der Waals surface area contributed by atoms with Gasteiger partial charge in [0.1, 0.15) is 0 Å². The zero-order valence-electron chi connectivity index (χ0n) is 23.5. The quantitative estimate of drug-likeness (QED) is 0.259. The smallest absolute Gasteiger partial charge is 0.254 e. The molecule has 2 aliphatic heterocycles. The van der Waals surface area contributed by atoms with Gasteiger partial charge in [-0.3, -0.25) is 9.69 Å². The first-order valence-electron chi connectivity index (χ1n) is 14.7. The van der Waals surface area contributed by atoms with E-state index in [1.807, 2.05) is 4.90 Å². The van der Waals surface area contributed by atoms with Gasteiger partial charge in [-0.05, 0) is 66.3 Å². The molecule has 4 heteroatoms. The van der Waals surface area contributed by atoms with E-state index < -0.39 is 0 Å². The molecule has 2 heterocycles. The summed E-state index contributed by atoms with van der Waals surface area (Å²) in [5.74, 6) is 0.576. The van der Waals surface area contributed by atoms with Gasteiger partial charge in [-0.2, -0.15) is 0 Å². The fourth-order valence-electron chi connectivity index (χ4n) is 6.29. The number of benzene rings is 4. The van der Waals surface area contributed by atoms with Crippen molar-refractivity contribution in [3.05, 3.63) is 137 Å². The monoisotopic (exact) mass is 529 g/mol. The summed E-state index contributed by atoms with van der Waals surface area (Å²) in [6.45, 7) is 8.73. The van der Waals surface area contributed by atoms with Crippen LogP contribution in [0, 0.1) is 6.92 Å². The molecule has 0 aliphatic carbocycles. The van der Waals surface area contributed by atoms with E-state index in [2.05, 4.69) is 120 Å². The number of fused-ring (bicyclic) bond motifs is 1. The Morgan fingerprint density at radius 2 is 1.38 bits per heavy atom. The van der Waals surface area contributed by atoms with Crippen LogP contribution in [0.1, 0.15) is 50.5 Å². The summed E-state index contributed by atoms with van der Waals surface area (Å²) < 4.78 is 0. The summed E-state index contributed by atoms with van der Waals surface area (Å²) >= 11 is 0. The van der Waals surface area contributed by atoms with Gasteiger partial charge in [0.05, 0.1) is 0 Å². The van der Waals surface area contributed by atoms with Gasteiger partial charge < -0.3 is 9.80 Å². The Balaban J connectivity index is 1.08. The molecule has 0 saturated carbocycles. The van der Waals surface area contributed by atoms with Gasteiger partial charge in [0, 0.05) is 56.4 Å². The molecule has 0 aromatic heterocycles. The molecule has 1 saturated heterocycles. The fourth-order valence-corrected chi connectivity index (χ4v) is 6.29. The van der Waals surface area contributed by atoms with Crippen LogP contribution in [0.3, 0.4) is 0 Å². The lowest BCUT2D eigenvalue weighted by atomic mass is 9.88. The molecule has 40 heavy (non-hydrogen) atoms. The lowest BCUT2D eigenvalue weighted by molar-refractivity contribution is 0.0727. The fraction of sp³-hybridized carbons (Fsp3) is 0.306. The molecule has 4 aromatic rings. The predicted molar refractivity (Wildman–Crippen MR) is 164 cm³/mol. The second-order valence-electron chi connectivity index (χ2n) is 11.2. The van der Waals surface area contributed by atoms with Crippen LogP contribution in [0.2, 0.25) is 0 Å². The highest BCUT2D eigenvalue weighted by Crippen LogP contribution is 2.30. The second-order valence-corrected chi connectivity index (χ2v) is 11.2. The number of carbonyl (C=O) groups is 1. The number of hydrogen-bond acceptors (Lipinski definition) is 3. The normalized spacial score (nSPS) is 15.9. The number of piperazine rings is 1. The van der Waals surface area contributed by atoms with Crippen LogP contribution < -0.4 is 4.90 Å². The van der Waals surface area contributed by atoms with E-state index in [0.29, 0.717) is 12.5 Å². The zero-order chi connectivity index (χ0) is 27.3. The third-order valence-electron chi connectivity index (χ3n) is 8.76. The number of hydrogen-bond donors (Lipinski definition) is 0. The van der Waals surface area contributed by atoms with Gasteiger partial charge in [0.15, 0.2) is 0 Å². The number of carbonyl (C=O) groups excluding carboxylic acids is 1. The highest BCUT2D eigenvalue weighted by Gasteiger charge is 2.27. The molecule has 0 spiro atoms. The van der Waals surface area contributed by atoms with E-state index >= 15 is 0 Å². The standard InChI is InChI=1S/C36H39N3O/c1-28-10-8-9-15-32(28)27-39-21-18-31-16-17-33(26-35(31)36(39)40)38-24-22-37(23-25-38)20-19-34(29-11-4-2-5-12-29)30-13-6-3-7-14-30/h2-17,26,34H,18-25,27H2,1H3. The summed E-state index contributed by atoms with van der Waals surface area (Å²) in [7, 11) is 0. The second kappa shape index (κ2) is 12.1. The molecule has 0 atom stereocenters. The zero-order valence-corrected chi connectivity index (χ0v) is 23.5. The Labute approximate surface area is 238 Å². The average molecular weight is 530 g/mol. The van der Waals surface area contributed by atoms with Crippen molar-refractivity contribution in [1.82, 2.24) is 9.80 Å². The Kier molecular flexibility index (Phi) is 7.97. The number of anilines is 1. The summed E-state index contributed by atoms with van der Waals surface area (Å²) in [5.41, 5.74) is 8.50. The van der Waals surface area contributed by atoms with Gasteiger partial charge in [-0.1, -0.05) is 91.0 Å². The maximum Gasteiger partial charge on any atom is 0.254 e. The highest BCUT2D eigenvalue weighted by molar-refractivity contribution is 5.97. The molecule has 4 aromatic carbocycles. The van der Waals surface area contributed by atoms with Crippen molar-refractivity contribution in [2.24, 2.45) is 0 Å². The van der Waals surface area contributed by atoms with Crippen molar-refractivity contribution in [3.63, 3.8) is 0 Å². The molecular formula is C36H39N3O. The first kappa shape index (κ1) is 26.3. The van der Waals surface area contributed by atoms with Crippen molar-refractivity contribution in [2.75, 3.05) is 44.2 Å². The number of amides is 1. The lowest BCUT2D eigenvalue weighted by Gasteiger charge is -2.37. The molecule has 204 valence electrons. The number of rotatable bonds is 8. The van der Waals surface area contributed by atoms with Gasteiger partial charge in [0.2, 0.25) is 0 Å². The van der Waals surface area contributed by atoms with Crippen molar-refractivity contribution >= 4 is 11.6 Å². The molecule has 0 radical (unpaired) electrons. The Hall–Kier alpha value is -3.89. The molecule has 0 N–H and O–H groups in total. The van der Waals surface area contributed by atoms with Gasteiger partial charge in [0.25, 0.3) is 5.91 Å². The predicted octanol–water partition coefficient (Wildman–Crippen LogP) is 6.54. The topological polar surface area (TPSA) is 26.8 Å². The summed E-state index contributed by atoms with van der Waals surface area (Å²) in [4.78, 5) is 20.6. The minimum absolute atomic E-state index is 0.165. The molecule has 1 amide bonds. The third kappa shape index (κ3) is 5.83. The molecule has 1 fully saturated rings. The van der Waals surface area contributed by atoms with Crippen LogP contribution in [0.4, 0.5) is 5.69 Å². The van der Waals surface area contributed by atoms with Crippen molar-refractivity contribution < 1.29 is 4.79 Å². The van der Waals surface area contributed by atoms with E-state index in [4.69, 9.17) is 0 Å². The van der Waals surface area contributed by atoms with Crippen LogP contribution in [0.15, 0.2) is 103 Å². The van der Waals surface area contributed by atoms with E-state index in [1.165, 1.54) is 33.5 Å². The highest BCUT2D eigenvalue weighted by atomic mass is 16.2. The summed E-state index contributed by atoms with van der Waals surface area (Å²) in [6, 6.07) is 36.8. The number of nitrogens with zero attached hydrogens (tertiary/aromatic N) is 3. The Bertz CT molecular complexity index is 1390. The van der Waals surface area contributed by atoms with E-state index in [1.54, 1.807) is 0 Å². The maximum absolute atomic E-state index is 13.5. The average Bonchev–Trinajstić information content (AvgIpc) is 3.01. The minimum Gasteiger partial charge on any atom is -0.369 e. The minimum atomic E-state index is 0.165. The van der Waals surface area contributed by atoms with E-state index in [-0.39, 0.29) is 5.91 Å². The van der Waals surface area contributed by atoms with Crippen LogP contribution in [-0.4, -0.2) is 55.0 Å². The van der Waals surface area contributed by atoms with Crippen molar-refractivity contribution in [3.8, 4) is 0 Å². The van der Waals surface area contributed by atoms with Crippen molar-refractivity contribution in [1.29, 1.82) is 0 Å². The van der Waals surface area contributed by atoms with Crippen LogP contribution >= 0.6 is 0 Å². The van der Waals surface area contributed by atoms with Gasteiger partial charge in [-0.15, -0.1) is 0 Å². The molecule has 2 aliphatic rings. The molecule has 0 unspecified atom stereocenters. The van der Waals surface area contributed by atoms with Gasteiger partial charge in [-0.25, -0.2) is 0 Å².